The normalized spacial score (nSPS) is 21.2. The average Bonchev–Trinajstić information content (AvgIpc) is 2.81. The number of rotatable bonds is 6. The molecule has 1 saturated heterocycles. The van der Waals surface area contributed by atoms with Gasteiger partial charge in [-0.15, -0.1) is 0 Å². The molecular formula is C26H33ClN2O2. The van der Waals surface area contributed by atoms with Crippen LogP contribution in [0.5, 0.6) is 5.75 Å². The van der Waals surface area contributed by atoms with E-state index in [0.29, 0.717) is 0 Å². The first kappa shape index (κ1) is 22.2. The van der Waals surface area contributed by atoms with Crippen LogP contribution >= 0.6 is 11.6 Å². The fourth-order valence-electron chi connectivity index (χ4n) is 4.94. The van der Waals surface area contributed by atoms with E-state index >= 15 is 0 Å². The molecular weight excluding hydrogens is 408 g/mol. The minimum Gasteiger partial charge on any atom is -0.487 e. The number of para-hydroxylation sites is 1. The Hall–Kier alpha value is -2.04. The van der Waals surface area contributed by atoms with Crippen LogP contribution in [0.1, 0.15) is 63.1 Å². The van der Waals surface area contributed by atoms with Gasteiger partial charge in [0.1, 0.15) is 11.4 Å². The molecule has 1 fully saturated rings. The van der Waals surface area contributed by atoms with Crippen LogP contribution in [0.15, 0.2) is 48.5 Å². The van der Waals surface area contributed by atoms with Gasteiger partial charge in [-0.1, -0.05) is 61.8 Å². The Morgan fingerprint density at radius 3 is 2.48 bits per heavy atom. The molecule has 31 heavy (non-hydrogen) atoms. The molecule has 0 bridgehead atoms. The summed E-state index contributed by atoms with van der Waals surface area (Å²) in [6.07, 6.45) is 4.46. The molecule has 2 aliphatic heterocycles. The highest BCUT2D eigenvalue weighted by Gasteiger charge is 2.39. The van der Waals surface area contributed by atoms with Gasteiger partial charge in [0.2, 0.25) is 5.91 Å². The molecule has 0 spiro atoms. The number of hydrogen-bond acceptors (Lipinski definition) is 3. The predicted octanol–water partition coefficient (Wildman–Crippen LogP) is 5.75. The number of likely N-dealkylation sites (tertiary alicyclic amines) is 1. The Labute approximate surface area is 190 Å². The topological polar surface area (TPSA) is 41.6 Å². The first-order chi connectivity index (χ1) is 15.0. The van der Waals surface area contributed by atoms with Crippen molar-refractivity contribution in [1.82, 2.24) is 10.2 Å². The van der Waals surface area contributed by atoms with Gasteiger partial charge in [-0.3, -0.25) is 9.69 Å². The van der Waals surface area contributed by atoms with Crippen molar-refractivity contribution in [3.8, 4) is 5.75 Å². The zero-order valence-electron chi connectivity index (χ0n) is 18.6. The molecule has 2 aliphatic rings. The second-order valence-corrected chi connectivity index (χ2v) is 9.34. The predicted molar refractivity (Wildman–Crippen MR) is 125 cm³/mol. The minimum absolute atomic E-state index is 0.0125. The number of nitrogens with zero attached hydrogens (tertiary/aromatic N) is 1. The van der Waals surface area contributed by atoms with E-state index in [4.69, 9.17) is 16.3 Å². The maximum atomic E-state index is 13.2. The molecule has 166 valence electrons. The van der Waals surface area contributed by atoms with E-state index < -0.39 is 0 Å². The van der Waals surface area contributed by atoms with Gasteiger partial charge in [0, 0.05) is 29.5 Å². The van der Waals surface area contributed by atoms with Crippen LogP contribution in [-0.2, 0) is 11.3 Å². The lowest BCUT2D eigenvalue weighted by atomic mass is 9.83. The fourth-order valence-corrected chi connectivity index (χ4v) is 5.14. The summed E-state index contributed by atoms with van der Waals surface area (Å²) in [4.78, 5) is 15.6. The molecule has 0 aliphatic carbocycles. The summed E-state index contributed by atoms with van der Waals surface area (Å²) < 4.78 is 6.39. The Morgan fingerprint density at radius 2 is 1.77 bits per heavy atom. The number of hydrogen-bond donors (Lipinski definition) is 1. The van der Waals surface area contributed by atoms with Crippen LogP contribution in [0, 0.1) is 5.92 Å². The number of fused-ring (bicyclic) bond motifs is 1. The summed E-state index contributed by atoms with van der Waals surface area (Å²) >= 11 is 6.32. The van der Waals surface area contributed by atoms with Crippen LogP contribution in [0.4, 0.5) is 0 Å². The van der Waals surface area contributed by atoms with Crippen LogP contribution in [0.3, 0.4) is 0 Å². The van der Waals surface area contributed by atoms with E-state index in [2.05, 4.69) is 36.2 Å². The molecule has 4 nitrogen and oxygen atoms in total. The van der Waals surface area contributed by atoms with Gasteiger partial charge in [-0.25, -0.2) is 0 Å². The van der Waals surface area contributed by atoms with E-state index in [1.807, 2.05) is 36.4 Å². The number of carbonyl (C=O) groups excluding carboxylic acids is 1. The third-order valence-electron chi connectivity index (χ3n) is 7.11. The summed E-state index contributed by atoms with van der Waals surface area (Å²) in [5.41, 5.74) is 2.05. The summed E-state index contributed by atoms with van der Waals surface area (Å²) in [5, 5.41) is 4.20. The molecule has 1 amide bonds. The van der Waals surface area contributed by atoms with E-state index in [9.17, 15) is 4.79 Å². The maximum absolute atomic E-state index is 13.2. The highest BCUT2D eigenvalue weighted by atomic mass is 35.5. The SMILES string of the molecule is CCC1(CC)CC(NC(=O)C2CCN(Cc3ccccc3Cl)CC2)c2ccccc2O1. The van der Waals surface area contributed by atoms with Gasteiger partial charge in [0.25, 0.3) is 0 Å². The molecule has 0 radical (unpaired) electrons. The average molecular weight is 441 g/mol. The standard InChI is InChI=1S/C26H33ClN2O2/c1-3-26(4-2)17-23(21-10-6-8-12-24(21)31-26)28-25(30)19-13-15-29(16-14-19)18-20-9-5-7-11-22(20)27/h5-12,19,23H,3-4,13-18H2,1-2H3,(H,28,30). The molecule has 5 heteroatoms. The van der Waals surface area contributed by atoms with Crippen LogP contribution < -0.4 is 10.1 Å². The van der Waals surface area contributed by atoms with E-state index in [-0.39, 0.29) is 23.5 Å². The number of carbonyl (C=O) groups is 1. The van der Waals surface area contributed by atoms with Crippen molar-refractivity contribution < 1.29 is 9.53 Å². The third kappa shape index (κ3) is 4.91. The van der Waals surface area contributed by atoms with Crippen LogP contribution in [0.2, 0.25) is 5.02 Å². The lowest BCUT2D eigenvalue weighted by Gasteiger charge is -2.42. The maximum Gasteiger partial charge on any atom is 0.223 e. The summed E-state index contributed by atoms with van der Waals surface area (Å²) in [7, 11) is 0. The Balaban J connectivity index is 1.38. The van der Waals surface area contributed by atoms with Crippen molar-refractivity contribution in [2.75, 3.05) is 13.1 Å². The zero-order chi connectivity index (χ0) is 21.8. The highest BCUT2D eigenvalue weighted by molar-refractivity contribution is 6.31. The molecule has 2 aromatic carbocycles. The van der Waals surface area contributed by atoms with Gasteiger partial charge >= 0.3 is 0 Å². The molecule has 0 aromatic heterocycles. The van der Waals surface area contributed by atoms with Gasteiger partial charge < -0.3 is 10.1 Å². The largest absolute Gasteiger partial charge is 0.487 e. The van der Waals surface area contributed by atoms with Crippen LogP contribution in [-0.4, -0.2) is 29.5 Å². The monoisotopic (exact) mass is 440 g/mol. The Morgan fingerprint density at radius 1 is 1.10 bits per heavy atom. The third-order valence-corrected chi connectivity index (χ3v) is 7.48. The molecule has 4 rings (SSSR count). The first-order valence-corrected chi connectivity index (χ1v) is 12.0. The number of nitrogens with one attached hydrogen (secondary N) is 1. The molecule has 2 heterocycles. The lowest BCUT2D eigenvalue weighted by molar-refractivity contribution is -0.128. The van der Waals surface area contributed by atoms with Gasteiger partial charge in [-0.05, 0) is 56.5 Å². The quantitative estimate of drug-likeness (QED) is 0.621. The summed E-state index contributed by atoms with van der Waals surface area (Å²) in [5.74, 6) is 1.16. The van der Waals surface area contributed by atoms with Crippen molar-refractivity contribution in [3.63, 3.8) is 0 Å². The van der Waals surface area contributed by atoms with Crippen molar-refractivity contribution in [1.29, 1.82) is 0 Å². The second kappa shape index (κ2) is 9.62. The zero-order valence-corrected chi connectivity index (χ0v) is 19.3. The highest BCUT2D eigenvalue weighted by Crippen LogP contribution is 2.42. The molecule has 1 unspecified atom stereocenters. The smallest absolute Gasteiger partial charge is 0.223 e. The lowest BCUT2D eigenvalue weighted by Crippen LogP contribution is -2.47. The number of halogens is 1. The van der Waals surface area contributed by atoms with Gasteiger partial charge in [0.15, 0.2) is 0 Å². The van der Waals surface area contributed by atoms with E-state index in [1.54, 1.807) is 0 Å². The van der Waals surface area contributed by atoms with Crippen LogP contribution in [0.25, 0.3) is 0 Å². The Kier molecular flexibility index (Phi) is 6.88. The van der Waals surface area contributed by atoms with Crippen molar-refractivity contribution >= 4 is 17.5 Å². The first-order valence-electron chi connectivity index (χ1n) is 11.6. The van der Waals surface area contributed by atoms with E-state index in [0.717, 1.165) is 73.6 Å². The minimum atomic E-state index is -0.204. The van der Waals surface area contributed by atoms with Gasteiger partial charge in [0.05, 0.1) is 6.04 Å². The molecule has 2 aromatic rings. The Bertz CT molecular complexity index is 904. The van der Waals surface area contributed by atoms with Crippen molar-refractivity contribution in [2.24, 2.45) is 5.92 Å². The number of benzene rings is 2. The summed E-state index contributed by atoms with van der Waals surface area (Å²) in [6.45, 7) is 7.02. The van der Waals surface area contributed by atoms with Crippen molar-refractivity contribution in [2.45, 2.75) is 64.1 Å². The van der Waals surface area contributed by atoms with Gasteiger partial charge in [-0.2, -0.15) is 0 Å². The molecule has 1 atom stereocenters. The second-order valence-electron chi connectivity index (χ2n) is 8.94. The number of amides is 1. The summed E-state index contributed by atoms with van der Waals surface area (Å²) in [6, 6.07) is 16.2. The molecule has 1 N–H and O–H groups in total. The van der Waals surface area contributed by atoms with Crippen molar-refractivity contribution in [3.05, 3.63) is 64.7 Å². The number of ether oxygens (including phenoxy) is 1. The van der Waals surface area contributed by atoms with E-state index in [1.165, 1.54) is 0 Å². The molecule has 0 saturated carbocycles. The fraction of sp³-hybridized carbons (Fsp3) is 0.500. The number of piperidine rings is 1.